The maximum Gasteiger partial charge on any atom is 0.471 e. The van der Waals surface area contributed by atoms with Crippen LogP contribution in [0.3, 0.4) is 0 Å². The molecular formula is C23H22F3INOP. The van der Waals surface area contributed by atoms with Gasteiger partial charge in [-0.1, -0.05) is 54.6 Å². The fourth-order valence-corrected chi connectivity index (χ4v) is 8.06. The SMILES string of the molecule is C[C@@H](C[P+](c1ccccc1)(c1ccccc1)c1ccccc1)NC(=O)C(F)(F)F.[I-]. The Morgan fingerprint density at radius 1 is 0.800 bits per heavy atom. The van der Waals surface area contributed by atoms with Crippen molar-refractivity contribution >= 4 is 29.1 Å². The highest BCUT2D eigenvalue weighted by atomic mass is 127. The van der Waals surface area contributed by atoms with Crippen LogP contribution in [0, 0.1) is 0 Å². The van der Waals surface area contributed by atoms with E-state index in [1.165, 1.54) is 0 Å². The predicted octanol–water partition coefficient (Wildman–Crippen LogP) is 1.05. The molecule has 0 aromatic heterocycles. The maximum absolute atomic E-state index is 12.8. The number of alkyl halides is 3. The van der Waals surface area contributed by atoms with Gasteiger partial charge < -0.3 is 29.3 Å². The van der Waals surface area contributed by atoms with Crippen molar-refractivity contribution in [2.24, 2.45) is 0 Å². The summed E-state index contributed by atoms with van der Waals surface area (Å²) in [6, 6.07) is 28.8. The number of halogens is 4. The molecule has 0 bridgehead atoms. The summed E-state index contributed by atoms with van der Waals surface area (Å²) in [7, 11) is -2.30. The first-order valence-electron chi connectivity index (χ1n) is 9.26. The molecule has 0 radical (unpaired) electrons. The molecule has 0 fully saturated rings. The highest BCUT2D eigenvalue weighted by Crippen LogP contribution is 2.55. The van der Waals surface area contributed by atoms with Crippen molar-refractivity contribution in [1.29, 1.82) is 0 Å². The van der Waals surface area contributed by atoms with Crippen LogP contribution in [0.4, 0.5) is 13.2 Å². The molecule has 30 heavy (non-hydrogen) atoms. The molecule has 3 aromatic carbocycles. The maximum atomic E-state index is 12.8. The minimum atomic E-state index is -4.90. The third-order valence-corrected chi connectivity index (χ3v) is 9.41. The Morgan fingerprint density at radius 3 is 1.43 bits per heavy atom. The minimum absolute atomic E-state index is 0. The Kier molecular flexibility index (Phi) is 8.44. The van der Waals surface area contributed by atoms with Crippen LogP contribution in [-0.2, 0) is 4.79 Å². The zero-order valence-electron chi connectivity index (χ0n) is 16.3. The van der Waals surface area contributed by atoms with E-state index in [4.69, 9.17) is 0 Å². The second-order valence-corrected chi connectivity index (χ2v) is 10.4. The normalized spacial score (nSPS) is 12.5. The second kappa shape index (κ2) is 10.4. The van der Waals surface area contributed by atoms with Crippen LogP contribution >= 0.6 is 7.26 Å². The van der Waals surface area contributed by atoms with E-state index in [9.17, 15) is 18.0 Å². The molecule has 158 valence electrons. The minimum Gasteiger partial charge on any atom is -1.00 e. The monoisotopic (exact) mass is 543 g/mol. The first kappa shape index (κ1) is 24.4. The smallest absolute Gasteiger partial charge is 0.471 e. The fraction of sp³-hybridized carbons (Fsp3) is 0.174. The van der Waals surface area contributed by atoms with Gasteiger partial charge in [0.05, 0.1) is 12.2 Å². The van der Waals surface area contributed by atoms with Crippen LogP contribution in [0.2, 0.25) is 0 Å². The molecule has 0 saturated carbocycles. The molecule has 3 aromatic rings. The number of carbonyl (C=O) groups excluding carboxylic acids is 1. The molecule has 7 heteroatoms. The Bertz CT molecular complexity index is 840. The summed E-state index contributed by atoms with van der Waals surface area (Å²) in [5.41, 5.74) is 0. The van der Waals surface area contributed by atoms with Gasteiger partial charge in [-0.15, -0.1) is 0 Å². The summed E-state index contributed by atoms with van der Waals surface area (Å²) in [6.07, 6.45) is -4.52. The molecule has 0 spiro atoms. The fourth-order valence-electron chi connectivity index (χ4n) is 3.57. The first-order valence-corrected chi connectivity index (χ1v) is 11.2. The van der Waals surface area contributed by atoms with E-state index in [1.807, 2.05) is 91.0 Å². The molecular weight excluding hydrogens is 521 g/mol. The van der Waals surface area contributed by atoms with Crippen molar-refractivity contribution in [2.75, 3.05) is 6.16 Å². The Labute approximate surface area is 192 Å². The molecule has 2 nitrogen and oxygen atoms in total. The third-order valence-electron chi connectivity index (χ3n) is 4.77. The number of hydrogen-bond acceptors (Lipinski definition) is 1. The Balaban J connectivity index is 0.00000320. The molecule has 0 aliphatic rings. The van der Waals surface area contributed by atoms with Crippen molar-refractivity contribution < 1.29 is 41.9 Å². The average Bonchev–Trinajstić information content (AvgIpc) is 2.73. The zero-order chi connectivity index (χ0) is 20.9. The van der Waals surface area contributed by atoms with Gasteiger partial charge in [-0.3, -0.25) is 4.79 Å². The van der Waals surface area contributed by atoms with Gasteiger partial charge in [0.25, 0.3) is 0 Å². The molecule has 1 atom stereocenters. The van der Waals surface area contributed by atoms with Gasteiger partial charge in [0.2, 0.25) is 0 Å². The van der Waals surface area contributed by atoms with Gasteiger partial charge >= 0.3 is 12.1 Å². The van der Waals surface area contributed by atoms with E-state index in [0.29, 0.717) is 6.16 Å². The largest absolute Gasteiger partial charge is 1.00 e. The first-order chi connectivity index (χ1) is 13.8. The second-order valence-electron chi connectivity index (χ2n) is 6.87. The number of rotatable bonds is 6. The van der Waals surface area contributed by atoms with E-state index >= 15 is 0 Å². The van der Waals surface area contributed by atoms with Crippen molar-refractivity contribution in [3.05, 3.63) is 91.0 Å². The summed E-state index contributed by atoms with van der Waals surface area (Å²) in [5.74, 6) is -1.91. The number of hydrogen-bond donors (Lipinski definition) is 1. The lowest BCUT2D eigenvalue weighted by Crippen LogP contribution is -3.00. The number of amides is 1. The van der Waals surface area contributed by atoms with Crippen molar-refractivity contribution in [2.45, 2.75) is 19.1 Å². The number of benzene rings is 3. The summed E-state index contributed by atoms with van der Waals surface area (Å²) in [5, 5.41) is 5.33. The molecule has 0 aliphatic carbocycles. The van der Waals surface area contributed by atoms with Crippen LogP contribution in [0.5, 0.6) is 0 Å². The van der Waals surface area contributed by atoms with Crippen LogP contribution in [0.25, 0.3) is 0 Å². The molecule has 0 aliphatic heterocycles. The van der Waals surface area contributed by atoms with Gasteiger partial charge in [-0.25, -0.2) is 0 Å². The molecule has 3 rings (SSSR count). The lowest BCUT2D eigenvalue weighted by Gasteiger charge is -2.30. The summed E-state index contributed by atoms with van der Waals surface area (Å²) >= 11 is 0. The molecule has 0 unspecified atom stereocenters. The van der Waals surface area contributed by atoms with Gasteiger partial charge in [-0.2, -0.15) is 13.2 Å². The summed E-state index contributed by atoms with van der Waals surface area (Å²) in [6.45, 7) is 1.63. The summed E-state index contributed by atoms with van der Waals surface area (Å²) in [4.78, 5) is 11.5. The Hall–Kier alpha value is -1.92. The quantitative estimate of drug-likeness (QED) is 0.366. The van der Waals surface area contributed by atoms with Crippen molar-refractivity contribution in [3.63, 3.8) is 0 Å². The van der Waals surface area contributed by atoms with Gasteiger partial charge in [0.1, 0.15) is 23.2 Å². The van der Waals surface area contributed by atoms with E-state index in [1.54, 1.807) is 6.92 Å². The lowest BCUT2D eigenvalue weighted by molar-refractivity contribution is -0.174. The van der Waals surface area contributed by atoms with E-state index in [0.717, 1.165) is 15.9 Å². The van der Waals surface area contributed by atoms with Gasteiger partial charge in [0, 0.05) is 0 Å². The topological polar surface area (TPSA) is 29.1 Å². The molecule has 1 amide bonds. The van der Waals surface area contributed by atoms with E-state index < -0.39 is 25.4 Å². The zero-order valence-corrected chi connectivity index (χ0v) is 19.4. The molecule has 1 N–H and O–H groups in total. The van der Waals surface area contributed by atoms with Crippen LogP contribution in [0.1, 0.15) is 6.92 Å². The molecule has 0 heterocycles. The van der Waals surface area contributed by atoms with Crippen molar-refractivity contribution in [1.82, 2.24) is 5.32 Å². The molecule has 0 saturated heterocycles. The average molecular weight is 543 g/mol. The lowest BCUT2D eigenvalue weighted by atomic mass is 10.3. The number of carbonyl (C=O) groups is 1. The third kappa shape index (κ3) is 5.41. The van der Waals surface area contributed by atoms with Crippen molar-refractivity contribution in [3.8, 4) is 0 Å². The number of nitrogens with one attached hydrogen (secondary N) is 1. The van der Waals surface area contributed by atoms with E-state index in [-0.39, 0.29) is 24.0 Å². The predicted molar refractivity (Wildman–Crippen MR) is 114 cm³/mol. The van der Waals surface area contributed by atoms with Gasteiger partial charge in [0.15, 0.2) is 0 Å². The summed E-state index contributed by atoms with van der Waals surface area (Å²) < 4.78 is 38.4. The van der Waals surface area contributed by atoms with Gasteiger partial charge in [-0.05, 0) is 43.3 Å². The standard InChI is InChI=1S/C23H21F3NOP.HI/c1-18(27-22(28)23(24,25)26)17-29(19-11-5-2-6-12-19,20-13-7-3-8-14-20)21-15-9-4-10-16-21;/h2-16,18H,17H2,1H3;1H/t18-;/m0./s1. The Morgan fingerprint density at radius 2 is 1.13 bits per heavy atom. The highest BCUT2D eigenvalue weighted by molar-refractivity contribution is 7.95. The van der Waals surface area contributed by atoms with Crippen LogP contribution in [0.15, 0.2) is 91.0 Å². The van der Waals surface area contributed by atoms with E-state index in [2.05, 4.69) is 5.32 Å². The highest BCUT2D eigenvalue weighted by Gasteiger charge is 2.47. The van der Waals surface area contributed by atoms with Crippen LogP contribution < -0.4 is 45.2 Å². The van der Waals surface area contributed by atoms with Crippen LogP contribution in [-0.4, -0.2) is 24.3 Å².